The van der Waals surface area contributed by atoms with Crippen LogP contribution in [0.15, 0.2) is 91.0 Å². The molecule has 4 amide bonds. The van der Waals surface area contributed by atoms with E-state index in [1.807, 2.05) is 27.7 Å². The molecule has 0 radical (unpaired) electrons. The number of nitrogens with one attached hydrogen (secondary N) is 4. The molecule has 0 spiro atoms. The predicted molar refractivity (Wildman–Crippen MR) is 312 cm³/mol. The highest BCUT2D eigenvalue weighted by molar-refractivity contribution is 6.00. The molecule has 21 heteroatoms. The maximum absolute atomic E-state index is 13.9. The fourth-order valence-electron chi connectivity index (χ4n) is 9.49. The van der Waals surface area contributed by atoms with E-state index in [0.29, 0.717) is 53.0 Å². The number of ether oxygens (including phenoxy) is 2. The van der Waals surface area contributed by atoms with E-state index >= 15 is 0 Å². The largest absolute Gasteiger partial charge is 0.444 e. The maximum atomic E-state index is 13.9. The van der Waals surface area contributed by atoms with Crippen LogP contribution < -0.4 is 21.3 Å². The molecule has 2 heterocycles. The Kier molecular flexibility index (Phi) is 27.1. The van der Waals surface area contributed by atoms with Crippen LogP contribution in [-0.4, -0.2) is 111 Å². The Morgan fingerprint density at radius 3 is 1.59 bits per heavy atom. The van der Waals surface area contributed by atoms with Gasteiger partial charge in [0.15, 0.2) is 0 Å². The number of rotatable bonds is 20. The van der Waals surface area contributed by atoms with Gasteiger partial charge in [-0.2, -0.15) is 0 Å². The summed E-state index contributed by atoms with van der Waals surface area (Å²) in [4.78, 5) is 67.3. The first-order valence-electron chi connectivity index (χ1n) is 28.4. The number of amides is 4. The Labute approximate surface area is 494 Å². The van der Waals surface area contributed by atoms with Gasteiger partial charge in [-0.3, -0.25) is 14.6 Å². The summed E-state index contributed by atoms with van der Waals surface area (Å²) in [6.07, 6.45) is 1.15. The lowest BCUT2D eigenvalue weighted by atomic mass is 9.89. The van der Waals surface area contributed by atoms with Gasteiger partial charge in [0.05, 0.1) is 29.9 Å². The van der Waals surface area contributed by atoms with Crippen LogP contribution in [0.2, 0.25) is 0 Å². The van der Waals surface area contributed by atoms with E-state index in [9.17, 15) is 60.5 Å². The van der Waals surface area contributed by atoms with Crippen LogP contribution >= 0.6 is 0 Å². The number of aliphatic hydroxyl groups is 2. The Morgan fingerprint density at radius 1 is 0.659 bits per heavy atom. The summed E-state index contributed by atoms with van der Waals surface area (Å²) >= 11 is 0. The third kappa shape index (κ3) is 25.0. The molecule has 15 nitrogen and oxygen atoms in total. The molecule has 1 aliphatic rings. The van der Waals surface area contributed by atoms with Crippen molar-refractivity contribution >= 4 is 30.3 Å². The van der Waals surface area contributed by atoms with Crippen LogP contribution in [0.4, 0.5) is 35.9 Å². The van der Waals surface area contributed by atoms with Crippen molar-refractivity contribution in [3.63, 3.8) is 0 Å². The molecule has 1 aliphatic heterocycles. The van der Waals surface area contributed by atoms with Gasteiger partial charge in [-0.15, -0.1) is 0 Å². The molecule has 1 aromatic heterocycles. The van der Waals surface area contributed by atoms with E-state index in [0.717, 1.165) is 80.1 Å². The van der Waals surface area contributed by atoms with Crippen molar-refractivity contribution in [2.75, 3.05) is 13.1 Å². The number of piperidine rings is 1. The number of nitrogens with zero attached hydrogens (tertiary/aromatic N) is 2. The monoisotopic (exact) mass is 1190 g/mol. The topological polar surface area (TPSA) is 209 Å². The Morgan fingerprint density at radius 2 is 1.13 bits per heavy atom. The van der Waals surface area contributed by atoms with Gasteiger partial charge in [0.25, 0.3) is 11.8 Å². The molecule has 464 valence electrons. The zero-order chi connectivity index (χ0) is 63.3. The second-order valence-electron chi connectivity index (χ2n) is 23.3. The molecular weight excluding hydrogens is 1110 g/mol. The molecule has 5 aromatic rings. The van der Waals surface area contributed by atoms with Gasteiger partial charge in [-0.1, -0.05) is 26.3 Å². The first-order valence-corrected chi connectivity index (χ1v) is 28.4. The minimum atomic E-state index is -1.19. The number of carbonyl (C=O) groups excluding carboxylic acids is 5. The summed E-state index contributed by atoms with van der Waals surface area (Å²) in [5, 5.41) is 33.3. The number of alkyl carbamates (subject to hydrolysis) is 2. The highest BCUT2D eigenvalue weighted by Gasteiger charge is 2.33. The normalized spacial score (nSPS) is 15.8. The first kappa shape index (κ1) is 70.1. The quantitative estimate of drug-likeness (QED) is 0.0319. The summed E-state index contributed by atoms with van der Waals surface area (Å²) in [6.45, 7) is 21.1. The van der Waals surface area contributed by atoms with Crippen LogP contribution in [0.1, 0.15) is 155 Å². The number of hydrogen-bond acceptors (Lipinski definition) is 11. The zero-order valence-corrected chi connectivity index (χ0v) is 50.3. The van der Waals surface area contributed by atoms with Gasteiger partial charge in [0.1, 0.15) is 58.5 Å². The number of aldehydes is 1. The fraction of sp³-hybridized carbons (Fsp3) is 0.469. The molecule has 85 heavy (non-hydrogen) atoms. The van der Waals surface area contributed by atoms with Crippen molar-refractivity contribution in [2.24, 2.45) is 0 Å². The number of aryl methyl sites for hydroxylation is 2. The molecule has 6 rings (SSSR count). The van der Waals surface area contributed by atoms with Crippen molar-refractivity contribution in [1.82, 2.24) is 31.2 Å². The van der Waals surface area contributed by atoms with Gasteiger partial charge in [-0.25, -0.2) is 35.9 Å². The highest BCUT2D eigenvalue weighted by Crippen LogP contribution is 2.24. The summed E-state index contributed by atoms with van der Waals surface area (Å²) in [6, 6.07) is 16.8. The summed E-state index contributed by atoms with van der Waals surface area (Å²) in [7, 11) is 0. The van der Waals surface area contributed by atoms with Gasteiger partial charge < -0.3 is 50.6 Å². The van der Waals surface area contributed by atoms with Crippen LogP contribution in [0, 0.1) is 48.8 Å². The molecule has 0 bridgehead atoms. The zero-order valence-electron chi connectivity index (χ0n) is 50.3. The number of aliphatic hydroxyl groups excluding tert-OH is 2. The summed E-state index contributed by atoms with van der Waals surface area (Å²) < 4.78 is 91.1. The molecule has 6 N–H and O–H groups in total. The van der Waals surface area contributed by atoms with E-state index in [-0.39, 0.29) is 42.8 Å². The summed E-state index contributed by atoms with van der Waals surface area (Å²) in [5.74, 6) is -4.94. The Bertz CT molecular complexity index is 2960. The molecule has 1 fully saturated rings. The minimum absolute atomic E-state index is 0.00921. The number of halogens is 6. The van der Waals surface area contributed by atoms with Gasteiger partial charge in [-0.05, 0) is 196 Å². The maximum Gasteiger partial charge on any atom is 0.408 e. The lowest BCUT2D eigenvalue weighted by molar-refractivity contribution is -0.109. The van der Waals surface area contributed by atoms with Gasteiger partial charge in [0.2, 0.25) is 0 Å². The number of carbonyl (C=O) groups is 5. The fourth-order valence-corrected chi connectivity index (χ4v) is 9.49. The van der Waals surface area contributed by atoms with Gasteiger partial charge in [0, 0.05) is 60.2 Å². The average Bonchev–Trinajstić information content (AvgIpc) is 3.28. The van der Waals surface area contributed by atoms with E-state index in [1.165, 1.54) is 12.1 Å². The SMILES string of the molecule is CC(C)(C)OC(=O)N[C@H](C=O)Cc1cc(F)cc(F)c1.CCCN(CCC)C(=O)c1cc(C)cc(C(=O)N[C@@H](Cc2cc(F)cc(F)c2)[C@H](O)C2CCC[C@@H](C)N2)c1.Cc1cccc(C(O)[C@H](Cc2cc(F)cc(F)c2)NC(=O)OC(C)(C)C)n1. The Hall–Kier alpha value is -7.36. The standard InChI is InChI=1S/C30H41F2N3O3.C20H24F2N2O3.C14H17F2NO3/c1-5-10-35(11-6-2)30(38)23-13-19(3)12-22(17-23)29(37)34-27(16-21-14-24(31)18-25(32)15-21)28(36)26-9-7-8-20(4)33-26;1-12-6-5-7-16(23-12)18(25)17(24-19(26)27-20(2,3)4)10-13-8-14(21)11-15(22)9-13;1-14(2,3)20-13(19)17-12(8-18)6-9-4-10(15)7-11(16)5-9/h12-15,17-18,20,26-28,33,36H,5-11,16H2,1-4H3,(H,34,37);5-9,11,17-18,25H,10H2,1-4H3,(H,24,26);4-5,7-8,12H,6H2,1-3H3,(H,17,19)/t20-,26?,27+,28-;17-,18?;12-/m100/s1. The number of benzene rings is 4. The molecule has 1 saturated heterocycles. The lowest BCUT2D eigenvalue weighted by Gasteiger charge is -2.36. The predicted octanol–water partition coefficient (Wildman–Crippen LogP) is 11.2. The molecule has 0 saturated carbocycles. The third-order valence-electron chi connectivity index (χ3n) is 12.9. The van der Waals surface area contributed by atoms with E-state index in [4.69, 9.17) is 9.47 Å². The van der Waals surface area contributed by atoms with Crippen molar-refractivity contribution in [3.05, 3.63) is 171 Å². The lowest BCUT2D eigenvalue weighted by Crippen LogP contribution is -2.56. The molecule has 4 aromatic carbocycles. The minimum Gasteiger partial charge on any atom is -0.444 e. The highest BCUT2D eigenvalue weighted by atomic mass is 19.2. The van der Waals surface area contributed by atoms with Crippen molar-refractivity contribution < 1.29 is 70.0 Å². The van der Waals surface area contributed by atoms with E-state index < -0.39 is 94.5 Å². The molecular formula is C64H82F6N6O9. The molecule has 0 aliphatic carbocycles. The van der Waals surface area contributed by atoms with Crippen molar-refractivity contribution in [1.29, 1.82) is 0 Å². The number of hydrogen-bond donors (Lipinski definition) is 6. The number of aromatic nitrogens is 1. The second-order valence-corrected chi connectivity index (χ2v) is 23.3. The molecule has 7 atom stereocenters. The van der Waals surface area contributed by atoms with Crippen LogP contribution in [0.25, 0.3) is 0 Å². The van der Waals surface area contributed by atoms with E-state index in [1.54, 1.807) is 89.8 Å². The molecule has 2 unspecified atom stereocenters. The van der Waals surface area contributed by atoms with Crippen LogP contribution in [0.3, 0.4) is 0 Å². The first-order chi connectivity index (χ1) is 39.8. The van der Waals surface area contributed by atoms with E-state index in [2.05, 4.69) is 26.3 Å². The Balaban J connectivity index is 0.000000289. The van der Waals surface area contributed by atoms with Crippen LogP contribution in [0.5, 0.6) is 0 Å². The number of pyridine rings is 1. The third-order valence-corrected chi connectivity index (χ3v) is 12.9. The van der Waals surface area contributed by atoms with Crippen LogP contribution in [-0.2, 0) is 33.5 Å². The average molecular weight is 1190 g/mol. The second kappa shape index (κ2) is 32.8. The van der Waals surface area contributed by atoms with Crippen molar-refractivity contribution in [3.8, 4) is 0 Å². The van der Waals surface area contributed by atoms with Crippen molar-refractivity contribution in [2.45, 2.75) is 181 Å². The smallest absolute Gasteiger partial charge is 0.408 e. The summed E-state index contributed by atoms with van der Waals surface area (Å²) in [5.41, 5.74) is 2.02. The van der Waals surface area contributed by atoms with Gasteiger partial charge >= 0.3 is 12.2 Å².